The van der Waals surface area contributed by atoms with Crippen molar-refractivity contribution in [3.05, 3.63) is 35.5 Å². The molecule has 1 aromatic heterocycles. The van der Waals surface area contributed by atoms with Crippen LogP contribution < -0.4 is 5.32 Å². The van der Waals surface area contributed by atoms with Gasteiger partial charge < -0.3 is 5.32 Å². The Labute approximate surface area is 116 Å². The summed E-state index contributed by atoms with van der Waals surface area (Å²) in [6, 6.07) is 8.85. The highest BCUT2D eigenvalue weighted by molar-refractivity contribution is 5.92. The largest absolute Gasteiger partial charge is 0.385 e. The third-order valence-corrected chi connectivity index (χ3v) is 3.39. The summed E-state index contributed by atoms with van der Waals surface area (Å²) in [6.45, 7) is 9.67. The van der Waals surface area contributed by atoms with Crippen LogP contribution in [-0.2, 0) is 6.42 Å². The van der Waals surface area contributed by atoms with E-state index >= 15 is 0 Å². The van der Waals surface area contributed by atoms with Crippen molar-refractivity contribution in [2.75, 3.05) is 11.9 Å². The minimum Gasteiger partial charge on any atom is -0.385 e. The lowest BCUT2D eigenvalue weighted by Gasteiger charge is -2.13. The molecule has 0 fully saturated rings. The van der Waals surface area contributed by atoms with E-state index in [9.17, 15) is 0 Å². The molecule has 2 rings (SSSR count). The van der Waals surface area contributed by atoms with Crippen molar-refractivity contribution in [3.8, 4) is 0 Å². The Morgan fingerprint density at radius 3 is 2.58 bits per heavy atom. The predicted octanol–water partition coefficient (Wildman–Crippen LogP) is 4.74. The first kappa shape index (κ1) is 13.9. The van der Waals surface area contributed by atoms with Crippen LogP contribution in [0.25, 0.3) is 10.9 Å². The standard InChI is InChI=1S/C17H24N2/c1-5-7-13-8-9-15-14(10-13)17(18-6-2)11-16(19-15)12(3)4/h8-12H,5-7H2,1-4H3,(H,18,19). The summed E-state index contributed by atoms with van der Waals surface area (Å²) in [5.74, 6) is 0.456. The number of pyridine rings is 1. The molecule has 0 spiro atoms. The molecular weight excluding hydrogens is 232 g/mol. The van der Waals surface area contributed by atoms with Crippen LogP contribution in [0.15, 0.2) is 24.3 Å². The van der Waals surface area contributed by atoms with Crippen LogP contribution in [-0.4, -0.2) is 11.5 Å². The molecule has 0 amide bonds. The molecule has 0 saturated heterocycles. The summed E-state index contributed by atoms with van der Waals surface area (Å²) in [7, 11) is 0. The zero-order chi connectivity index (χ0) is 13.8. The van der Waals surface area contributed by atoms with Gasteiger partial charge in [-0.25, -0.2) is 0 Å². The fraction of sp³-hybridized carbons (Fsp3) is 0.471. The van der Waals surface area contributed by atoms with Crippen molar-refractivity contribution in [2.45, 2.75) is 46.5 Å². The average Bonchev–Trinajstić information content (AvgIpc) is 2.39. The van der Waals surface area contributed by atoms with Gasteiger partial charge in [-0.2, -0.15) is 0 Å². The van der Waals surface area contributed by atoms with E-state index in [0.717, 1.165) is 24.2 Å². The SMILES string of the molecule is CCCc1ccc2nc(C(C)C)cc(NCC)c2c1. The number of fused-ring (bicyclic) bond motifs is 1. The Morgan fingerprint density at radius 1 is 1.16 bits per heavy atom. The Bertz CT molecular complexity index is 558. The third kappa shape index (κ3) is 3.06. The quantitative estimate of drug-likeness (QED) is 0.835. The van der Waals surface area contributed by atoms with Crippen molar-refractivity contribution >= 4 is 16.6 Å². The molecular formula is C17H24N2. The second-order valence-corrected chi connectivity index (χ2v) is 5.38. The molecule has 0 radical (unpaired) electrons. The van der Waals surface area contributed by atoms with Crippen molar-refractivity contribution in [2.24, 2.45) is 0 Å². The smallest absolute Gasteiger partial charge is 0.0726 e. The average molecular weight is 256 g/mol. The highest BCUT2D eigenvalue weighted by Gasteiger charge is 2.08. The van der Waals surface area contributed by atoms with Crippen LogP contribution in [0.1, 0.15) is 51.3 Å². The molecule has 1 N–H and O–H groups in total. The Morgan fingerprint density at radius 2 is 1.95 bits per heavy atom. The highest BCUT2D eigenvalue weighted by atomic mass is 14.9. The number of aromatic nitrogens is 1. The maximum absolute atomic E-state index is 4.78. The molecule has 0 bridgehead atoms. The van der Waals surface area contributed by atoms with Gasteiger partial charge in [0.25, 0.3) is 0 Å². The summed E-state index contributed by atoms with van der Waals surface area (Å²) < 4.78 is 0. The van der Waals surface area contributed by atoms with Crippen molar-refractivity contribution in [3.63, 3.8) is 0 Å². The first-order valence-electron chi connectivity index (χ1n) is 7.33. The van der Waals surface area contributed by atoms with Gasteiger partial charge in [0.1, 0.15) is 0 Å². The lowest BCUT2D eigenvalue weighted by atomic mass is 10.0. The van der Waals surface area contributed by atoms with E-state index in [-0.39, 0.29) is 0 Å². The number of nitrogens with zero attached hydrogens (tertiary/aromatic N) is 1. The van der Waals surface area contributed by atoms with Gasteiger partial charge in [-0.05, 0) is 43.0 Å². The third-order valence-electron chi connectivity index (χ3n) is 3.39. The van der Waals surface area contributed by atoms with Gasteiger partial charge in [-0.1, -0.05) is 33.3 Å². The van der Waals surface area contributed by atoms with E-state index in [0.29, 0.717) is 5.92 Å². The molecule has 0 aliphatic rings. The van der Waals surface area contributed by atoms with Gasteiger partial charge >= 0.3 is 0 Å². The molecule has 0 saturated carbocycles. The van der Waals surface area contributed by atoms with Crippen LogP contribution >= 0.6 is 0 Å². The van der Waals surface area contributed by atoms with Crippen LogP contribution in [0.3, 0.4) is 0 Å². The van der Waals surface area contributed by atoms with Crippen molar-refractivity contribution < 1.29 is 0 Å². The van der Waals surface area contributed by atoms with Gasteiger partial charge in [-0.15, -0.1) is 0 Å². The summed E-state index contributed by atoms with van der Waals surface area (Å²) in [5, 5.41) is 4.72. The molecule has 0 aliphatic carbocycles. The fourth-order valence-corrected chi connectivity index (χ4v) is 2.37. The molecule has 0 atom stereocenters. The summed E-state index contributed by atoms with van der Waals surface area (Å²) in [4.78, 5) is 4.78. The molecule has 102 valence electrons. The first-order valence-corrected chi connectivity index (χ1v) is 7.33. The zero-order valence-corrected chi connectivity index (χ0v) is 12.5. The molecule has 0 unspecified atom stereocenters. The Balaban J connectivity index is 2.57. The second kappa shape index (κ2) is 6.05. The summed E-state index contributed by atoms with van der Waals surface area (Å²) >= 11 is 0. The van der Waals surface area contributed by atoms with E-state index in [4.69, 9.17) is 4.98 Å². The van der Waals surface area contributed by atoms with Gasteiger partial charge in [-0.3, -0.25) is 4.98 Å². The number of aryl methyl sites for hydroxylation is 1. The highest BCUT2D eigenvalue weighted by Crippen LogP contribution is 2.27. The number of nitrogens with one attached hydrogen (secondary N) is 1. The van der Waals surface area contributed by atoms with E-state index in [1.165, 1.54) is 23.1 Å². The van der Waals surface area contributed by atoms with E-state index in [1.807, 2.05) is 0 Å². The monoisotopic (exact) mass is 256 g/mol. The molecule has 2 heteroatoms. The molecule has 1 heterocycles. The van der Waals surface area contributed by atoms with Gasteiger partial charge in [0.05, 0.1) is 5.52 Å². The number of benzene rings is 1. The lowest BCUT2D eigenvalue weighted by Crippen LogP contribution is -2.02. The number of hydrogen-bond acceptors (Lipinski definition) is 2. The summed E-state index contributed by atoms with van der Waals surface area (Å²) in [6.07, 6.45) is 2.31. The Kier molecular flexibility index (Phi) is 4.41. The van der Waals surface area contributed by atoms with E-state index < -0.39 is 0 Å². The molecule has 1 aromatic carbocycles. The number of hydrogen-bond donors (Lipinski definition) is 1. The van der Waals surface area contributed by atoms with Crippen molar-refractivity contribution in [1.82, 2.24) is 4.98 Å². The van der Waals surface area contributed by atoms with Crippen LogP contribution in [0, 0.1) is 0 Å². The minimum atomic E-state index is 0.456. The van der Waals surface area contributed by atoms with Crippen LogP contribution in [0.2, 0.25) is 0 Å². The van der Waals surface area contributed by atoms with E-state index in [1.54, 1.807) is 0 Å². The van der Waals surface area contributed by atoms with Gasteiger partial charge in [0.15, 0.2) is 0 Å². The minimum absolute atomic E-state index is 0.456. The molecule has 19 heavy (non-hydrogen) atoms. The van der Waals surface area contributed by atoms with E-state index in [2.05, 4.69) is 57.3 Å². The summed E-state index contributed by atoms with van der Waals surface area (Å²) in [5.41, 5.74) is 4.87. The predicted molar refractivity (Wildman–Crippen MR) is 84.0 cm³/mol. The zero-order valence-electron chi connectivity index (χ0n) is 12.5. The van der Waals surface area contributed by atoms with Crippen LogP contribution in [0.5, 0.6) is 0 Å². The normalized spacial score (nSPS) is 11.2. The molecule has 2 nitrogen and oxygen atoms in total. The topological polar surface area (TPSA) is 24.9 Å². The van der Waals surface area contributed by atoms with Crippen molar-refractivity contribution in [1.29, 1.82) is 0 Å². The van der Waals surface area contributed by atoms with Gasteiger partial charge in [0.2, 0.25) is 0 Å². The van der Waals surface area contributed by atoms with Gasteiger partial charge in [0, 0.05) is 23.3 Å². The Hall–Kier alpha value is -1.57. The van der Waals surface area contributed by atoms with Crippen LogP contribution in [0.4, 0.5) is 5.69 Å². The maximum atomic E-state index is 4.78. The maximum Gasteiger partial charge on any atom is 0.0726 e. The fourth-order valence-electron chi connectivity index (χ4n) is 2.37. The second-order valence-electron chi connectivity index (χ2n) is 5.38. The lowest BCUT2D eigenvalue weighted by molar-refractivity contribution is 0.830. The number of rotatable bonds is 5. The number of anilines is 1. The first-order chi connectivity index (χ1) is 9.15. The molecule has 0 aliphatic heterocycles. The molecule has 2 aromatic rings.